The average Bonchev–Trinajstić information content (AvgIpc) is 2.54. The van der Waals surface area contributed by atoms with Crippen LogP contribution in [0, 0.1) is 0 Å². The van der Waals surface area contributed by atoms with Gasteiger partial charge < -0.3 is 11.1 Å². The van der Waals surface area contributed by atoms with Crippen LogP contribution in [0.4, 0.5) is 0 Å². The zero-order valence-corrected chi connectivity index (χ0v) is 8.34. The van der Waals surface area contributed by atoms with E-state index >= 15 is 0 Å². The molecule has 14 heavy (non-hydrogen) atoms. The van der Waals surface area contributed by atoms with Crippen molar-refractivity contribution in [1.82, 2.24) is 20.1 Å². The maximum Gasteiger partial charge on any atom is 0.236 e. The average molecular weight is 197 g/mol. The molecule has 3 N–H and O–H groups in total. The molecule has 0 saturated heterocycles. The van der Waals surface area contributed by atoms with E-state index in [0.29, 0.717) is 6.54 Å². The molecule has 1 aromatic rings. The number of aromatic nitrogens is 3. The van der Waals surface area contributed by atoms with Gasteiger partial charge in [-0.3, -0.25) is 9.48 Å². The number of amides is 1. The van der Waals surface area contributed by atoms with Crippen LogP contribution in [0.1, 0.15) is 13.8 Å². The Labute approximate surface area is 82.5 Å². The third kappa shape index (κ3) is 3.14. The molecule has 1 aromatic heterocycles. The van der Waals surface area contributed by atoms with Crippen molar-refractivity contribution in [3.8, 4) is 0 Å². The van der Waals surface area contributed by atoms with Gasteiger partial charge in [-0.15, -0.1) is 0 Å². The molecule has 1 amide bonds. The number of carbonyl (C=O) groups excluding carboxylic acids is 1. The highest BCUT2D eigenvalue weighted by molar-refractivity contribution is 5.79. The van der Waals surface area contributed by atoms with Gasteiger partial charge in [0, 0.05) is 6.04 Å². The predicted molar refractivity (Wildman–Crippen MR) is 51.3 cm³/mol. The maximum absolute atomic E-state index is 11.1. The van der Waals surface area contributed by atoms with Gasteiger partial charge in [-0.25, -0.2) is 4.98 Å². The fourth-order valence-corrected chi connectivity index (χ4v) is 1.14. The van der Waals surface area contributed by atoms with Gasteiger partial charge in [0.15, 0.2) is 0 Å². The Morgan fingerprint density at radius 3 is 2.79 bits per heavy atom. The SMILES string of the molecule is CC(C)NC(Cn1cncn1)C(N)=O. The smallest absolute Gasteiger partial charge is 0.236 e. The van der Waals surface area contributed by atoms with Crippen molar-refractivity contribution in [2.24, 2.45) is 5.73 Å². The molecule has 78 valence electrons. The summed E-state index contributed by atoms with van der Waals surface area (Å²) in [7, 11) is 0. The van der Waals surface area contributed by atoms with E-state index in [1.165, 1.54) is 6.33 Å². The number of nitrogens with zero attached hydrogens (tertiary/aromatic N) is 3. The van der Waals surface area contributed by atoms with Gasteiger partial charge in [-0.2, -0.15) is 5.10 Å². The summed E-state index contributed by atoms with van der Waals surface area (Å²) in [6.45, 7) is 4.32. The molecule has 0 aliphatic rings. The van der Waals surface area contributed by atoms with Crippen molar-refractivity contribution in [3.05, 3.63) is 12.7 Å². The summed E-state index contributed by atoms with van der Waals surface area (Å²) in [5.41, 5.74) is 5.24. The van der Waals surface area contributed by atoms with E-state index in [2.05, 4.69) is 15.4 Å². The van der Waals surface area contributed by atoms with Crippen LogP contribution >= 0.6 is 0 Å². The second-order valence-corrected chi connectivity index (χ2v) is 3.39. The van der Waals surface area contributed by atoms with Gasteiger partial charge in [0.05, 0.1) is 6.54 Å². The van der Waals surface area contributed by atoms with Crippen molar-refractivity contribution in [2.45, 2.75) is 32.5 Å². The van der Waals surface area contributed by atoms with Crippen LogP contribution in [0.25, 0.3) is 0 Å². The van der Waals surface area contributed by atoms with Crippen LogP contribution in [0.2, 0.25) is 0 Å². The molecule has 0 fully saturated rings. The van der Waals surface area contributed by atoms with Crippen molar-refractivity contribution >= 4 is 5.91 Å². The first-order chi connectivity index (χ1) is 6.59. The van der Waals surface area contributed by atoms with Crippen molar-refractivity contribution in [1.29, 1.82) is 0 Å². The van der Waals surface area contributed by atoms with Crippen LogP contribution in [-0.4, -0.2) is 32.8 Å². The van der Waals surface area contributed by atoms with Crippen LogP contribution in [0.15, 0.2) is 12.7 Å². The summed E-state index contributed by atoms with van der Waals surface area (Å²) in [5.74, 6) is -0.380. The van der Waals surface area contributed by atoms with E-state index in [0.717, 1.165) is 0 Å². The maximum atomic E-state index is 11.1. The number of nitrogens with two attached hydrogens (primary N) is 1. The first-order valence-corrected chi connectivity index (χ1v) is 4.47. The summed E-state index contributed by atoms with van der Waals surface area (Å²) in [6, 6.07) is -0.201. The third-order valence-corrected chi connectivity index (χ3v) is 1.71. The van der Waals surface area contributed by atoms with E-state index in [-0.39, 0.29) is 11.9 Å². The number of hydrogen-bond donors (Lipinski definition) is 2. The highest BCUT2D eigenvalue weighted by Gasteiger charge is 2.16. The topological polar surface area (TPSA) is 85.8 Å². The molecule has 0 bridgehead atoms. The molecule has 0 aliphatic carbocycles. The Bertz CT molecular complexity index is 282. The number of hydrogen-bond acceptors (Lipinski definition) is 4. The fourth-order valence-electron chi connectivity index (χ4n) is 1.14. The quantitative estimate of drug-likeness (QED) is 0.642. The van der Waals surface area contributed by atoms with Gasteiger partial charge in [0.2, 0.25) is 5.91 Å². The monoisotopic (exact) mass is 197 g/mol. The Morgan fingerprint density at radius 1 is 1.64 bits per heavy atom. The van der Waals surface area contributed by atoms with E-state index in [9.17, 15) is 4.79 Å². The first-order valence-electron chi connectivity index (χ1n) is 4.47. The minimum Gasteiger partial charge on any atom is -0.368 e. The Hall–Kier alpha value is -1.43. The fraction of sp³-hybridized carbons (Fsp3) is 0.625. The minimum atomic E-state index is -0.406. The number of rotatable bonds is 5. The van der Waals surface area contributed by atoms with Gasteiger partial charge in [0.25, 0.3) is 0 Å². The second kappa shape index (κ2) is 4.71. The lowest BCUT2D eigenvalue weighted by molar-refractivity contribution is -0.120. The number of nitrogens with one attached hydrogen (secondary N) is 1. The van der Waals surface area contributed by atoms with Gasteiger partial charge in [-0.1, -0.05) is 13.8 Å². The molecule has 0 saturated carbocycles. The normalized spacial score (nSPS) is 13.1. The molecule has 1 atom stereocenters. The van der Waals surface area contributed by atoms with E-state index < -0.39 is 6.04 Å². The zero-order valence-electron chi connectivity index (χ0n) is 8.34. The van der Waals surface area contributed by atoms with E-state index in [1.54, 1.807) is 11.0 Å². The number of primary amides is 1. The summed E-state index contributed by atoms with van der Waals surface area (Å²) in [4.78, 5) is 14.8. The highest BCUT2D eigenvalue weighted by Crippen LogP contribution is 1.91. The van der Waals surface area contributed by atoms with Gasteiger partial charge in [-0.05, 0) is 0 Å². The van der Waals surface area contributed by atoms with Crippen molar-refractivity contribution in [2.75, 3.05) is 0 Å². The highest BCUT2D eigenvalue weighted by atomic mass is 16.1. The van der Waals surface area contributed by atoms with Crippen LogP contribution in [0.5, 0.6) is 0 Å². The molecule has 0 radical (unpaired) electrons. The minimum absolute atomic E-state index is 0.205. The third-order valence-electron chi connectivity index (χ3n) is 1.71. The van der Waals surface area contributed by atoms with Crippen LogP contribution in [0.3, 0.4) is 0 Å². The Balaban J connectivity index is 2.56. The molecular formula is C8H15N5O. The van der Waals surface area contributed by atoms with Crippen molar-refractivity contribution < 1.29 is 4.79 Å². The lowest BCUT2D eigenvalue weighted by Crippen LogP contribution is -2.47. The van der Waals surface area contributed by atoms with Crippen LogP contribution in [-0.2, 0) is 11.3 Å². The van der Waals surface area contributed by atoms with E-state index in [4.69, 9.17) is 5.73 Å². The lowest BCUT2D eigenvalue weighted by atomic mass is 10.2. The van der Waals surface area contributed by atoms with Crippen LogP contribution < -0.4 is 11.1 Å². The molecule has 0 aromatic carbocycles. The van der Waals surface area contributed by atoms with Gasteiger partial charge in [0.1, 0.15) is 18.7 Å². The molecule has 6 heteroatoms. The summed E-state index contributed by atoms with van der Waals surface area (Å²) in [5, 5.41) is 6.96. The molecule has 6 nitrogen and oxygen atoms in total. The predicted octanol–water partition coefficient (Wildman–Crippen LogP) is -0.870. The molecule has 0 aliphatic heterocycles. The summed E-state index contributed by atoms with van der Waals surface area (Å²) >= 11 is 0. The van der Waals surface area contributed by atoms with Crippen molar-refractivity contribution in [3.63, 3.8) is 0 Å². The second-order valence-electron chi connectivity index (χ2n) is 3.39. The summed E-state index contributed by atoms with van der Waals surface area (Å²) in [6.07, 6.45) is 2.98. The van der Waals surface area contributed by atoms with E-state index in [1.807, 2.05) is 13.8 Å². The standard InChI is InChI=1S/C8H15N5O/c1-6(2)12-7(8(9)14)3-13-5-10-4-11-13/h4-7,12H,3H2,1-2H3,(H2,9,14). The molecule has 0 spiro atoms. The largest absolute Gasteiger partial charge is 0.368 e. The van der Waals surface area contributed by atoms with Gasteiger partial charge >= 0.3 is 0 Å². The molecule has 1 heterocycles. The zero-order chi connectivity index (χ0) is 10.6. The first kappa shape index (κ1) is 10.6. The molecular weight excluding hydrogens is 182 g/mol. The lowest BCUT2D eigenvalue weighted by Gasteiger charge is -2.17. The molecule has 1 unspecified atom stereocenters. The Morgan fingerprint density at radius 2 is 2.36 bits per heavy atom. The molecule has 1 rings (SSSR count). The Kier molecular flexibility index (Phi) is 3.58. The number of carbonyl (C=O) groups is 1. The summed E-state index contributed by atoms with van der Waals surface area (Å²) < 4.78 is 1.57.